The van der Waals surface area contributed by atoms with Gasteiger partial charge in [0.2, 0.25) is 0 Å². The summed E-state index contributed by atoms with van der Waals surface area (Å²) >= 11 is 8.91. The maximum absolute atomic E-state index is 13.0. The van der Waals surface area contributed by atoms with Gasteiger partial charge < -0.3 is 4.74 Å². The van der Waals surface area contributed by atoms with E-state index in [4.69, 9.17) is 21.6 Å². The Labute approximate surface area is 117 Å². The Morgan fingerprint density at radius 3 is 2.44 bits per heavy atom. The summed E-state index contributed by atoms with van der Waals surface area (Å²) in [5.74, 6) is 0.464. The van der Waals surface area contributed by atoms with Gasteiger partial charge >= 0.3 is 0 Å². The molecule has 5 heteroatoms. The van der Waals surface area contributed by atoms with E-state index >= 15 is 0 Å². The van der Waals surface area contributed by atoms with Crippen molar-refractivity contribution in [2.45, 2.75) is 0 Å². The summed E-state index contributed by atoms with van der Waals surface area (Å²) < 4.78 is 19.1. The monoisotopic (exact) mass is 325 g/mol. The van der Waals surface area contributed by atoms with Crippen molar-refractivity contribution in [1.82, 2.24) is 0 Å². The molecule has 0 aliphatic carbocycles. The van der Waals surface area contributed by atoms with Crippen molar-refractivity contribution in [2.24, 2.45) is 0 Å². The highest BCUT2D eigenvalue weighted by Gasteiger charge is 2.05. The lowest BCUT2D eigenvalue weighted by molar-refractivity contribution is 0.480. The summed E-state index contributed by atoms with van der Waals surface area (Å²) in [5, 5.41) is 8.79. The zero-order valence-corrected chi connectivity index (χ0v) is 11.3. The van der Waals surface area contributed by atoms with E-state index in [9.17, 15) is 4.39 Å². The zero-order valence-electron chi connectivity index (χ0n) is 8.95. The van der Waals surface area contributed by atoms with Gasteiger partial charge in [-0.3, -0.25) is 0 Å². The number of halogens is 3. The summed E-state index contributed by atoms with van der Waals surface area (Å²) in [4.78, 5) is 0. The van der Waals surface area contributed by atoms with Crippen LogP contribution in [-0.4, -0.2) is 0 Å². The normalized spacial score (nSPS) is 9.89. The van der Waals surface area contributed by atoms with Gasteiger partial charge in [-0.2, -0.15) is 5.26 Å². The predicted molar refractivity (Wildman–Crippen MR) is 70.3 cm³/mol. The van der Waals surface area contributed by atoms with E-state index in [-0.39, 0.29) is 5.02 Å². The van der Waals surface area contributed by atoms with Gasteiger partial charge in [0.1, 0.15) is 23.4 Å². The first-order valence-corrected chi connectivity index (χ1v) is 6.10. The summed E-state index contributed by atoms with van der Waals surface area (Å²) in [7, 11) is 0. The largest absolute Gasteiger partial charge is 0.457 e. The van der Waals surface area contributed by atoms with Gasteiger partial charge in [-0.25, -0.2) is 4.39 Å². The average molecular weight is 327 g/mol. The molecule has 0 spiro atoms. The number of nitriles is 1. The lowest BCUT2D eigenvalue weighted by Gasteiger charge is -2.07. The van der Waals surface area contributed by atoms with Gasteiger partial charge in [-0.05, 0) is 46.3 Å². The number of benzene rings is 2. The van der Waals surface area contributed by atoms with Crippen molar-refractivity contribution >= 4 is 27.5 Å². The van der Waals surface area contributed by atoms with Gasteiger partial charge in [0.05, 0.1) is 10.6 Å². The molecule has 0 fully saturated rings. The molecule has 0 aromatic heterocycles. The highest BCUT2D eigenvalue weighted by Crippen LogP contribution is 2.29. The highest BCUT2D eigenvalue weighted by atomic mass is 79.9. The van der Waals surface area contributed by atoms with Crippen LogP contribution in [0.1, 0.15) is 5.56 Å². The molecular formula is C13H6BrClFNO. The van der Waals surface area contributed by atoms with Crippen molar-refractivity contribution in [3.63, 3.8) is 0 Å². The van der Waals surface area contributed by atoms with Crippen LogP contribution in [0.2, 0.25) is 5.02 Å². The quantitative estimate of drug-likeness (QED) is 0.786. The van der Waals surface area contributed by atoms with E-state index in [1.807, 2.05) is 6.07 Å². The van der Waals surface area contributed by atoms with Crippen LogP contribution in [-0.2, 0) is 0 Å². The Bertz CT molecular complexity index is 639. The van der Waals surface area contributed by atoms with E-state index in [0.29, 0.717) is 21.5 Å². The van der Waals surface area contributed by atoms with Gasteiger partial charge in [-0.1, -0.05) is 11.6 Å². The maximum atomic E-state index is 13.0. The van der Waals surface area contributed by atoms with Crippen LogP contribution in [0.3, 0.4) is 0 Å². The second-order valence-electron chi connectivity index (χ2n) is 3.43. The molecule has 2 rings (SSSR count). The first kappa shape index (κ1) is 12.9. The Balaban J connectivity index is 2.26. The van der Waals surface area contributed by atoms with Crippen LogP contribution in [0.5, 0.6) is 11.5 Å². The zero-order chi connectivity index (χ0) is 13.1. The lowest BCUT2D eigenvalue weighted by atomic mass is 10.2. The maximum Gasteiger partial charge on any atom is 0.142 e. The van der Waals surface area contributed by atoms with Crippen LogP contribution in [0.15, 0.2) is 40.9 Å². The van der Waals surface area contributed by atoms with E-state index in [2.05, 4.69) is 15.9 Å². The summed E-state index contributed by atoms with van der Waals surface area (Å²) in [6, 6.07) is 11.1. The Morgan fingerprint density at radius 2 is 1.83 bits per heavy atom. The van der Waals surface area contributed by atoms with Crippen LogP contribution in [0.4, 0.5) is 4.39 Å². The summed E-state index contributed by atoms with van der Waals surface area (Å²) in [5.41, 5.74) is 0.513. The SMILES string of the molecule is N#Cc1ccc(Oc2ccc(F)c(Cl)c2)cc1Br. The van der Waals surface area contributed by atoms with Crippen molar-refractivity contribution in [2.75, 3.05) is 0 Å². The third kappa shape index (κ3) is 2.81. The standard InChI is InChI=1S/C13H6BrClFNO/c14-11-5-9(2-1-8(11)7-17)18-10-3-4-13(16)12(15)6-10/h1-6H. The first-order valence-electron chi connectivity index (χ1n) is 4.92. The topological polar surface area (TPSA) is 33.0 Å². The van der Waals surface area contributed by atoms with E-state index in [1.54, 1.807) is 18.2 Å². The molecule has 0 aliphatic rings. The second-order valence-corrected chi connectivity index (χ2v) is 4.69. The van der Waals surface area contributed by atoms with E-state index in [0.717, 1.165) is 0 Å². The fraction of sp³-hybridized carbons (Fsp3) is 0. The Morgan fingerprint density at radius 1 is 1.17 bits per heavy atom. The molecule has 18 heavy (non-hydrogen) atoms. The molecule has 90 valence electrons. The highest BCUT2D eigenvalue weighted by molar-refractivity contribution is 9.10. The predicted octanol–water partition coefficient (Wildman–Crippen LogP) is 4.91. The van der Waals surface area contributed by atoms with E-state index < -0.39 is 5.82 Å². The van der Waals surface area contributed by atoms with Crippen molar-refractivity contribution < 1.29 is 9.13 Å². The average Bonchev–Trinajstić information content (AvgIpc) is 2.34. The smallest absolute Gasteiger partial charge is 0.142 e. The third-order valence-electron chi connectivity index (χ3n) is 2.19. The number of ether oxygens (including phenoxy) is 1. The minimum atomic E-state index is -0.495. The number of hydrogen-bond donors (Lipinski definition) is 0. The van der Waals surface area contributed by atoms with Crippen molar-refractivity contribution in [1.29, 1.82) is 5.26 Å². The Kier molecular flexibility index (Phi) is 3.85. The van der Waals surface area contributed by atoms with Crippen LogP contribution >= 0.6 is 27.5 Å². The molecule has 0 saturated heterocycles. The fourth-order valence-corrected chi connectivity index (χ4v) is 1.94. The van der Waals surface area contributed by atoms with Crippen LogP contribution < -0.4 is 4.74 Å². The van der Waals surface area contributed by atoms with Gasteiger partial charge in [0.15, 0.2) is 0 Å². The molecule has 2 nitrogen and oxygen atoms in total. The fourth-order valence-electron chi connectivity index (χ4n) is 1.33. The van der Waals surface area contributed by atoms with Gasteiger partial charge in [0, 0.05) is 10.5 Å². The lowest BCUT2D eigenvalue weighted by Crippen LogP contribution is -1.87. The molecule has 0 saturated carbocycles. The molecule has 2 aromatic rings. The third-order valence-corrected chi connectivity index (χ3v) is 3.13. The molecule has 0 atom stereocenters. The van der Waals surface area contributed by atoms with Crippen LogP contribution in [0.25, 0.3) is 0 Å². The molecule has 2 aromatic carbocycles. The number of nitrogens with zero attached hydrogens (tertiary/aromatic N) is 1. The molecule has 0 amide bonds. The molecular weight excluding hydrogens is 321 g/mol. The second kappa shape index (κ2) is 5.38. The molecule has 0 unspecified atom stereocenters. The van der Waals surface area contributed by atoms with E-state index in [1.165, 1.54) is 18.2 Å². The molecule has 0 aliphatic heterocycles. The van der Waals surface area contributed by atoms with Crippen molar-refractivity contribution in [3.05, 3.63) is 57.3 Å². The molecule has 0 N–H and O–H groups in total. The summed E-state index contributed by atoms with van der Waals surface area (Å²) in [6.45, 7) is 0. The number of rotatable bonds is 2. The summed E-state index contributed by atoms with van der Waals surface area (Å²) in [6.07, 6.45) is 0. The van der Waals surface area contributed by atoms with Gasteiger partial charge in [0.25, 0.3) is 0 Å². The van der Waals surface area contributed by atoms with Crippen molar-refractivity contribution in [3.8, 4) is 17.6 Å². The minimum Gasteiger partial charge on any atom is -0.457 e. The first-order chi connectivity index (χ1) is 8.60. The molecule has 0 heterocycles. The Hall–Kier alpha value is -1.57. The number of hydrogen-bond acceptors (Lipinski definition) is 2. The van der Waals surface area contributed by atoms with Gasteiger partial charge in [-0.15, -0.1) is 0 Å². The molecule has 0 bridgehead atoms. The van der Waals surface area contributed by atoms with Crippen LogP contribution in [0, 0.1) is 17.1 Å². The molecule has 0 radical (unpaired) electrons. The minimum absolute atomic E-state index is 0.000195.